The molecule has 3 rings (SSSR count). The molecule has 0 N–H and O–H groups in total. The molecule has 3 aromatic carbocycles. The lowest BCUT2D eigenvalue weighted by Crippen LogP contribution is -2.15. The van der Waals surface area contributed by atoms with Crippen molar-refractivity contribution in [2.24, 2.45) is 0 Å². The Bertz CT molecular complexity index is 757. The number of rotatable bonds is 4. The summed E-state index contributed by atoms with van der Waals surface area (Å²) in [7, 11) is -0.497. The van der Waals surface area contributed by atoms with Gasteiger partial charge >= 0.3 is 0 Å². The maximum absolute atomic E-state index is 2.38. The predicted molar refractivity (Wildman–Crippen MR) is 104 cm³/mol. The third kappa shape index (κ3) is 3.78. The fraction of sp³-hybridized carbons (Fsp3) is 0.0909. The van der Waals surface area contributed by atoms with Crippen LogP contribution in [-0.2, 0) is 0 Å². The first-order chi connectivity index (χ1) is 11.3. The van der Waals surface area contributed by atoms with Crippen molar-refractivity contribution in [3.63, 3.8) is 0 Å². The van der Waals surface area contributed by atoms with E-state index < -0.39 is 7.92 Å². The molecule has 0 unspecified atom stereocenters. The highest BCUT2D eigenvalue weighted by Gasteiger charge is 2.14. The highest BCUT2D eigenvalue weighted by molar-refractivity contribution is 7.76. The van der Waals surface area contributed by atoms with E-state index in [2.05, 4.69) is 105 Å². The van der Waals surface area contributed by atoms with Crippen molar-refractivity contribution in [2.45, 2.75) is 13.8 Å². The molecule has 0 fully saturated rings. The van der Waals surface area contributed by atoms with E-state index in [1.54, 1.807) is 0 Å². The summed E-state index contributed by atoms with van der Waals surface area (Å²) in [5.41, 5.74) is 3.97. The second kappa shape index (κ2) is 7.40. The van der Waals surface area contributed by atoms with Crippen LogP contribution < -0.4 is 10.6 Å². The van der Waals surface area contributed by atoms with Crippen molar-refractivity contribution in [1.82, 2.24) is 0 Å². The quantitative estimate of drug-likeness (QED) is 0.565. The standard InChI is InChI=1S/C22H21P/c1-18-10-6-8-14-21(18)23(22-15-9-7-11-19(22)2)17-16-20-12-4-3-5-13-20/h3-17H,1-2H3. The molecule has 114 valence electrons. The van der Waals surface area contributed by atoms with Gasteiger partial charge in [0.2, 0.25) is 0 Å². The van der Waals surface area contributed by atoms with Gasteiger partial charge in [-0.25, -0.2) is 0 Å². The topological polar surface area (TPSA) is 0 Å². The van der Waals surface area contributed by atoms with Gasteiger partial charge in [0, 0.05) is 0 Å². The molecule has 0 aliphatic carbocycles. The average molecular weight is 316 g/mol. The Kier molecular flexibility index (Phi) is 5.05. The van der Waals surface area contributed by atoms with E-state index in [0.29, 0.717) is 0 Å². The summed E-state index contributed by atoms with van der Waals surface area (Å²) < 4.78 is 0. The van der Waals surface area contributed by atoms with Gasteiger partial charge in [0.15, 0.2) is 0 Å². The van der Waals surface area contributed by atoms with E-state index in [1.807, 2.05) is 0 Å². The van der Waals surface area contributed by atoms with Gasteiger partial charge in [0.1, 0.15) is 0 Å². The monoisotopic (exact) mass is 316 g/mol. The van der Waals surface area contributed by atoms with Crippen LogP contribution in [0.3, 0.4) is 0 Å². The summed E-state index contributed by atoms with van der Waals surface area (Å²) in [5, 5.41) is 2.87. The summed E-state index contributed by atoms with van der Waals surface area (Å²) in [6.07, 6.45) is 2.25. The zero-order chi connectivity index (χ0) is 16.1. The molecule has 0 radical (unpaired) electrons. The van der Waals surface area contributed by atoms with Crippen LogP contribution in [0.4, 0.5) is 0 Å². The maximum atomic E-state index is 2.38. The van der Waals surface area contributed by atoms with Gasteiger partial charge in [-0.3, -0.25) is 0 Å². The lowest BCUT2D eigenvalue weighted by molar-refractivity contribution is 1.50. The molecule has 0 amide bonds. The number of hydrogen-bond donors (Lipinski definition) is 0. The van der Waals surface area contributed by atoms with Gasteiger partial charge in [-0.1, -0.05) is 90.8 Å². The minimum Gasteiger partial charge on any atom is -0.0622 e. The first kappa shape index (κ1) is 15.7. The smallest absolute Gasteiger partial charge is 0.0127 e. The Balaban J connectivity index is 2.06. The summed E-state index contributed by atoms with van der Waals surface area (Å²) >= 11 is 0. The van der Waals surface area contributed by atoms with Crippen LogP contribution in [0.15, 0.2) is 84.7 Å². The first-order valence-corrected chi connectivity index (χ1v) is 9.30. The molecular formula is C22H21P. The minimum atomic E-state index is -0.497. The van der Waals surface area contributed by atoms with E-state index in [0.717, 1.165) is 0 Å². The largest absolute Gasteiger partial charge is 0.0622 e. The van der Waals surface area contributed by atoms with E-state index >= 15 is 0 Å². The van der Waals surface area contributed by atoms with Crippen molar-refractivity contribution in [3.8, 4) is 0 Å². The van der Waals surface area contributed by atoms with E-state index in [-0.39, 0.29) is 0 Å². The van der Waals surface area contributed by atoms with Crippen LogP contribution in [0, 0.1) is 13.8 Å². The average Bonchev–Trinajstić information content (AvgIpc) is 2.59. The molecule has 1 heteroatoms. The van der Waals surface area contributed by atoms with Crippen LogP contribution in [-0.4, -0.2) is 0 Å². The Morgan fingerprint density at radius 1 is 0.609 bits per heavy atom. The lowest BCUT2D eigenvalue weighted by Gasteiger charge is -2.19. The van der Waals surface area contributed by atoms with Crippen molar-refractivity contribution >= 4 is 24.6 Å². The molecule has 0 saturated heterocycles. The molecule has 0 saturated carbocycles. The second-order valence-corrected chi connectivity index (χ2v) is 7.67. The molecule has 0 aromatic heterocycles. The third-order valence-electron chi connectivity index (χ3n) is 3.97. The first-order valence-electron chi connectivity index (χ1n) is 7.89. The molecule has 0 aliphatic heterocycles. The van der Waals surface area contributed by atoms with Crippen molar-refractivity contribution in [1.29, 1.82) is 0 Å². The summed E-state index contributed by atoms with van der Waals surface area (Å²) in [6, 6.07) is 28.0. The van der Waals surface area contributed by atoms with Crippen LogP contribution >= 0.6 is 7.92 Å². The van der Waals surface area contributed by atoms with Crippen molar-refractivity contribution in [3.05, 3.63) is 101 Å². The highest BCUT2D eigenvalue weighted by Crippen LogP contribution is 2.38. The Labute approximate surface area is 140 Å². The summed E-state index contributed by atoms with van der Waals surface area (Å²) in [4.78, 5) is 0. The zero-order valence-corrected chi connectivity index (χ0v) is 14.5. The molecule has 0 spiro atoms. The number of hydrogen-bond acceptors (Lipinski definition) is 0. The van der Waals surface area contributed by atoms with Crippen LogP contribution in [0.1, 0.15) is 16.7 Å². The normalized spacial score (nSPS) is 11.3. The maximum Gasteiger partial charge on any atom is -0.0127 e. The Morgan fingerprint density at radius 2 is 1.09 bits per heavy atom. The van der Waals surface area contributed by atoms with Crippen molar-refractivity contribution in [2.75, 3.05) is 0 Å². The van der Waals surface area contributed by atoms with Crippen LogP contribution in [0.5, 0.6) is 0 Å². The molecule has 0 nitrogen and oxygen atoms in total. The molecule has 0 atom stereocenters. The van der Waals surface area contributed by atoms with Gasteiger partial charge in [-0.15, -0.1) is 0 Å². The lowest BCUT2D eigenvalue weighted by atomic mass is 10.2. The summed E-state index contributed by atoms with van der Waals surface area (Å²) in [5.74, 6) is 2.38. The predicted octanol–water partition coefficient (Wildman–Crippen LogP) is 5.41. The molecule has 3 aromatic rings. The Hall–Kier alpha value is -2.17. The minimum absolute atomic E-state index is 0.497. The fourth-order valence-electron chi connectivity index (χ4n) is 2.68. The van der Waals surface area contributed by atoms with Gasteiger partial charge in [0.25, 0.3) is 0 Å². The van der Waals surface area contributed by atoms with E-state index in [4.69, 9.17) is 0 Å². The van der Waals surface area contributed by atoms with Gasteiger partial charge in [0.05, 0.1) is 0 Å². The van der Waals surface area contributed by atoms with Crippen LogP contribution in [0.25, 0.3) is 6.08 Å². The van der Waals surface area contributed by atoms with Crippen LogP contribution in [0.2, 0.25) is 0 Å². The molecule has 23 heavy (non-hydrogen) atoms. The summed E-state index contributed by atoms with van der Waals surface area (Å²) in [6.45, 7) is 4.42. The van der Waals surface area contributed by atoms with Gasteiger partial charge < -0.3 is 0 Å². The number of benzene rings is 3. The molecule has 0 aliphatic rings. The zero-order valence-electron chi connectivity index (χ0n) is 13.6. The number of aryl methyl sites for hydroxylation is 2. The fourth-order valence-corrected chi connectivity index (χ4v) is 4.99. The second-order valence-electron chi connectivity index (χ2n) is 5.67. The molecular weight excluding hydrogens is 295 g/mol. The van der Waals surface area contributed by atoms with E-state index in [9.17, 15) is 0 Å². The molecule has 0 heterocycles. The Morgan fingerprint density at radius 3 is 1.61 bits per heavy atom. The highest BCUT2D eigenvalue weighted by atomic mass is 31.1. The van der Waals surface area contributed by atoms with Gasteiger partial charge in [-0.05, 0) is 49.1 Å². The SMILES string of the molecule is Cc1ccccc1P(C=Cc1ccccc1)c1ccccc1C. The molecule has 0 bridgehead atoms. The van der Waals surface area contributed by atoms with Crippen molar-refractivity contribution < 1.29 is 0 Å². The van der Waals surface area contributed by atoms with Gasteiger partial charge in [-0.2, -0.15) is 0 Å². The van der Waals surface area contributed by atoms with E-state index in [1.165, 1.54) is 27.3 Å². The third-order valence-corrected chi connectivity index (χ3v) is 6.45.